The van der Waals surface area contributed by atoms with Gasteiger partial charge in [0.2, 0.25) is 0 Å². The second kappa shape index (κ2) is 4.89. The van der Waals surface area contributed by atoms with Crippen molar-refractivity contribution in [3.63, 3.8) is 0 Å². The third-order valence-electron chi connectivity index (χ3n) is 3.93. The van der Waals surface area contributed by atoms with E-state index in [1.807, 2.05) is 0 Å². The lowest BCUT2D eigenvalue weighted by Crippen LogP contribution is -2.10. The van der Waals surface area contributed by atoms with Crippen LogP contribution in [0.1, 0.15) is 37.5 Å². The molecule has 0 bridgehead atoms. The van der Waals surface area contributed by atoms with Gasteiger partial charge in [0.05, 0.1) is 0 Å². The topological polar surface area (TPSA) is 0 Å². The minimum absolute atomic E-state index is 0.210. The van der Waals surface area contributed by atoms with Crippen LogP contribution < -0.4 is 0 Å². The highest BCUT2D eigenvalue weighted by Crippen LogP contribution is 2.36. The molecule has 0 N–H and O–H groups in total. The first kappa shape index (κ1) is 13.6. The molecule has 0 spiro atoms. The van der Waals surface area contributed by atoms with Crippen molar-refractivity contribution in [3.8, 4) is 11.1 Å². The monoisotopic (exact) mass is 326 g/mol. The predicted octanol–water partition coefficient (Wildman–Crippen LogP) is 5.94. The lowest BCUT2D eigenvalue weighted by atomic mass is 9.86. The van der Waals surface area contributed by atoms with Gasteiger partial charge < -0.3 is 0 Å². The van der Waals surface area contributed by atoms with Gasteiger partial charge in [0.1, 0.15) is 0 Å². The smallest absolute Gasteiger partial charge is 0.00530 e. The third-order valence-corrected chi connectivity index (χ3v) is 4.44. The summed E-state index contributed by atoms with van der Waals surface area (Å²) in [6.07, 6.45) is 3.23. The molecule has 0 aliphatic heterocycles. The molecule has 0 fully saturated rings. The van der Waals surface area contributed by atoms with Crippen molar-refractivity contribution >= 4 is 22.0 Å². The Morgan fingerprint density at radius 1 is 0.950 bits per heavy atom. The second-order valence-electron chi connectivity index (χ2n) is 6.47. The lowest BCUT2D eigenvalue weighted by Gasteiger charge is -2.19. The van der Waals surface area contributed by atoms with Crippen LogP contribution in [-0.2, 0) is 11.8 Å². The number of fused-ring (bicyclic) bond motifs is 1. The number of hydrogen-bond acceptors (Lipinski definition) is 0. The number of allylic oxidation sites excluding steroid dienone is 1. The fourth-order valence-corrected chi connectivity index (χ4v) is 3.27. The molecule has 0 amide bonds. The van der Waals surface area contributed by atoms with E-state index in [9.17, 15) is 0 Å². The van der Waals surface area contributed by atoms with Crippen LogP contribution in [0.4, 0.5) is 0 Å². The Morgan fingerprint density at radius 2 is 1.65 bits per heavy atom. The molecule has 20 heavy (non-hydrogen) atoms. The Morgan fingerprint density at radius 3 is 2.30 bits per heavy atom. The Hall–Kier alpha value is -1.34. The van der Waals surface area contributed by atoms with Gasteiger partial charge in [0.15, 0.2) is 0 Å². The second-order valence-corrected chi connectivity index (χ2v) is 7.49. The first-order chi connectivity index (χ1) is 9.45. The van der Waals surface area contributed by atoms with Gasteiger partial charge in [0, 0.05) is 10.9 Å². The lowest BCUT2D eigenvalue weighted by molar-refractivity contribution is 0.590. The highest BCUT2D eigenvalue weighted by Gasteiger charge is 2.17. The summed E-state index contributed by atoms with van der Waals surface area (Å²) in [5, 5.41) is 0. The van der Waals surface area contributed by atoms with Crippen LogP contribution in [0.15, 0.2) is 46.9 Å². The summed E-state index contributed by atoms with van der Waals surface area (Å²) < 4.78 is 1.27. The molecule has 0 unspecified atom stereocenters. The van der Waals surface area contributed by atoms with E-state index in [1.54, 1.807) is 0 Å². The molecule has 102 valence electrons. The van der Waals surface area contributed by atoms with Gasteiger partial charge in [0.25, 0.3) is 0 Å². The molecule has 2 aromatic carbocycles. The Labute approximate surface area is 129 Å². The minimum atomic E-state index is 0.210. The van der Waals surface area contributed by atoms with E-state index >= 15 is 0 Å². The van der Waals surface area contributed by atoms with Crippen LogP contribution in [0.3, 0.4) is 0 Å². The highest BCUT2D eigenvalue weighted by atomic mass is 79.9. The quantitative estimate of drug-likeness (QED) is 0.608. The summed E-state index contributed by atoms with van der Waals surface area (Å²) in [7, 11) is 0. The van der Waals surface area contributed by atoms with Crippen LogP contribution in [0.5, 0.6) is 0 Å². The maximum Gasteiger partial charge on any atom is 0.00530 e. The molecule has 0 aromatic heterocycles. The Balaban J connectivity index is 2.02. The first-order valence-electron chi connectivity index (χ1n) is 7.04. The normalized spacial score (nSPS) is 14.1. The third kappa shape index (κ3) is 2.47. The van der Waals surface area contributed by atoms with E-state index in [0.717, 1.165) is 6.42 Å². The maximum atomic E-state index is 3.62. The molecule has 0 saturated carbocycles. The number of halogens is 1. The SMILES string of the molecule is CC(C)(C)c1ccc(-c2cccc3c2CC(Br)=C3)cc1. The molecule has 0 nitrogen and oxygen atoms in total. The summed E-state index contributed by atoms with van der Waals surface area (Å²) in [5.74, 6) is 0. The number of rotatable bonds is 1. The average molecular weight is 327 g/mol. The maximum absolute atomic E-state index is 3.62. The predicted molar refractivity (Wildman–Crippen MR) is 91.2 cm³/mol. The summed E-state index contributed by atoms with van der Waals surface area (Å²) >= 11 is 3.62. The molecule has 3 rings (SSSR count). The molecule has 1 aliphatic carbocycles. The van der Waals surface area contributed by atoms with Crippen molar-refractivity contribution in [2.24, 2.45) is 0 Å². The average Bonchev–Trinajstić information content (AvgIpc) is 2.78. The van der Waals surface area contributed by atoms with Crippen molar-refractivity contribution in [1.82, 2.24) is 0 Å². The first-order valence-corrected chi connectivity index (χ1v) is 7.83. The molecular formula is C19H19Br. The zero-order valence-corrected chi connectivity index (χ0v) is 13.8. The van der Waals surface area contributed by atoms with Crippen molar-refractivity contribution in [3.05, 3.63) is 63.6 Å². The van der Waals surface area contributed by atoms with Crippen LogP contribution in [0.25, 0.3) is 17.2 Å². The van der Waals surface area contributed by atoms with Crippen LogP contribution in [0, 0.1) is 0 Å². The van der Waals surface area contributed by atoms with Gasteiger partial charge in [-0.2, -0.15) is 0 Å². The van der Waals surface area contributed by atoms with Gasteiger partial charge >= 0.3 is 0 Å². The summed E-state index contributed by atoms with van der Waals surface area (Å²) in [5.41, 5.74) is 7.03. The van der Waals surface area contributed by atoms with Gasteiger partial charge in [-0.3, -0.25) is 0 Å². The van der Waals surface area contributed by atoms with E-state index in [-0.39, 0.29) is 5.41 Å². The van der Waals surface area contributed by atoms with E-state index in [4.69, 9.17) is 0 Å². The molecular weight excluding hydrogens is 308 g/mol. The van der Waals surface area contributed by atoms with E-state index in [2.05, 4.69) is 85.2 Å². The fraction of sp³-hybridized carbons (Fsp3) is 0.263. The largest absolute Gasteiger partial charge is 0.0610 e. The summed E-state index contributed by atoms with van der Waals surface area (Å²) in [6.45, 7) is 6.76. The van der Waals surface area contributed by atoms with E-state index in [0.29, 0.717) is 0 Å². The van der Waals surface area contributed by atoms with Gasteiger partial charge in [-0.15, -0.1) is 0 Å². The summed E-state index contributed by atoms with van der Waals surface area (Å²) in [6, 6.07) is 15.6. The number of benzene rings is 2. The van der Waals surface area contributed by atoms with Crippen LogP contribution in [0.2, 0.25) is 0 Å². The van der Waals surface area contributed by atoms with E-state index in [1.165, 1.54) is 32.3 Å². The van der Waals surface area contributed by atoms with Gasteiger partial charge in [-0.25, -0.2) is 0 Å². The minimum Gasteiger partial charge on any atom is -0.0610 e. The molecule has 0 heterocycles. The van der Waals surface area contributed by atoms with Crippen LogP contribution >= 0.6 is 15.9 Å². The van der Waals surface area contributed by atoms with Crippen molar-refractivity contribution in [2.75, 3.05) is 0 Å². The molecule has 1 aliphatic rings. The van der Waals surface area contributed by atoms with Crippen molar-refractivity contribution < 1.29 is 0 Å². The fourth-order valence-electron chi connectivity index (χ4n) is 2.75. The van der Waals surface area contributed by atoms with Crippen LogP contribution in [-0.4, -0.2) is 0 Å². The molecule has 1 heteroatoms. The standard InChI is InChI=1S/C19H19Br/c1-19(2,3)15-9-7-13(8-10-15)17-6-4-5-14-11-16(20)12-18(14)17/h4-11H,12H2,1-3H3. The molecule has 2 aromatic rings. The van der Waals surface area contributed by atoms with E-state index < -0.39 is 0 Å². The zero-order valence-electron chi connectivity index (χ0n) is 12.2. The Kier molecular flexibility index (Phi) is 3.33. The molecule has 0 atom stereocenters. The van der Waals surface area contributed by atoms with Crippen molar-refractivity contribution in [1.29, 1.82) is 0 Å². The van der Waals surface area contributed by atoms with Crippen molar-refractivity contribution in [2.45, 2.75) is 32.6 Å². The summed E-state index contributed by atoms with van der Waals surface area (Å²) in [4.78, 5) is 0. The highest BCUT2D eigenvalue weighted by molar-refractivity contribution is 9.11. The molecule has 0 saturated heterocycles. The van der Waals surface area contributed by atoms with Gasteiger partial charge in [-0.1, -0.05) is 79.2 Å². The zero-order chi connectivity index (χ0) is 14.3. The number of hydrogen-bond donors (Lipinski definition) is 0. The van der Waals surface area contributed by atoms with Gasteiger partial charge in [-0.05, 0) is 39.3 Å². The molecule has 0 radical (unpaired) electrons. The Bertz CT molecular complexity index is 670.